The topological polar surface area (TPSA) is 66.6 Å². The van der Waals surface area contributed by atoms with Crippen LogP contribution in [-0.2, 0) is 4.79 Å². The van der Waals surface area contributed by atoms with Crippen LogP contribution in [0.4, 0.5) is 0 Å². The fourth-order valence-corrected chi connectivity index (χ4v) is 3.41. The van der Waals surface area contributed by atoms with Gasteiger partial charge in [-0.25, -0.2) is 0 Å². The van der Waals surface area contributed by atoms with Crippen LogP contribution < -0.4 is 5.73 Å². The highest BCUT2D eigenvalue weighted by Crippen LogP contribution is 2.31. The van der Waals surface area contributed by atoms with Crippen molar-refractivity contribution < 1.29 is 9.90 Å². The first-order valence-corrected chi connectivity index (χ1v) is 7.70. The van der Waals surface area contributed by atoms with Gasteiger partial charge in [-0.1, -0.05) is 0 Å². The van der Waals surface area contributed by atoms with E-state index in [0.29, 0.717) is 24.2 Å². The summed E-state index contributed by atoms with van der Waals surface area (Å²) in [5, 5.41) is 9.27. The van der Waals surface area contributed by atoms with Crippen LogP contribution in [0.1, 0.15) is 44.9 Å². The van der Waals surface area contributed by atoms with Crippen molar-refractivity contribution in [3.05, 3.63) is 0 Å². The molecule has 2 fully saturated rings. The van der Waals surface area contributed by atoms with Gasteiger partial charge in [0.15, 0.2) is 0 Å². The molecule has 1 amide bonds. The van der Waals surface area contributed by atoms with E-state index in [4.69, 9.17) is 5.73 Å². The number of hydrogen-bond acceptors (Lipinski definition) is 3. The Bertz CT molecular complexity index is 295. The van der Waals surface area contributed by atoms with Crippen molar-refractivity contribution >= 4 is 5.91 Å². The molecule has 19 heavy (non-hydrogen) atoms. The number of amides is 1. The molecule has 0 saturated heterocycles. The van der Waals surface area contributed by atoms with E-state index in [1.54, 1.807) is 0 Å². The van der Waals surface area contributed by atoms with Crippen LogP contribution in [-0.4, -0.2) is 42.2 Å². The summed E-state index contributed by atoms with van der Waals surface area (Å²) in [4.78, 5) is 14.0. The maximum atomic E-state index is 12.2. The first-order valence-electron chi connectivity index (χ1n) is 7.70. The Morgan fingerprint density at radius 3 is 2.26 bits per heavy atom. The van der Waals surface area contributed by atoms with Crippen molar-refractivity contribution in [2.24, 2.45) is 23.5 Å². The molecule has 0 aromatic heterocycles. The van der Waals surface area contributed by atoms with E-state index >= 15 is 0 Å². The first kappa shape index (κ1) is 14.8. The predicted octanol–water partition coefficient (Wildman–Crippen LogP) is 1.37. The maximum Gasteiger partial charge on any atom is 0.222 e. The second-order valence-electron chi connectivity index (χ2n) is 6.59. The predicted molar refractivity (Wildman–Crippen MR) is 75.5 cm³/mol. The standard InChI is InChI=1S/C15H28N2O2/c1-17(10-13-6-14(18)7-13)15(19)8-11-2-4-12(9-16)5-3-11/h11-14,18H,2-10,16H2,1H3. The smallest absolute Gasteiger partial charge is 0.222 e. The zero-order valence-electron chi connectivity index (χ0n) is 12.1. The summed E-state index contributed by atoms with van der Waals surface area (Å²) < 4.78 is 0. The summed E-state index contributed by atoms with van der Waals surface area (Å²) in [5.41, 5.74) is 5.69. The number of nitrogens with two attached hydrogens (primary N) is 1. The monoisotopic (exact) mass is 268 g/mol. The molecule has 0 aromatic rings. The van der Waals surface area contributed by atoms with E-state index in [1.807, 2.05) is 11.9 Å². The quantitative estimate of drug-likeness (QED) is 0.791. The fraction of sp³-hybridized carbons (Fsp3) is 0.933. The molecule has 110 valence electrons. The molecular weight excluding hydrogens is 240 g/mol. The molecule has 2 aliphatic rings. The van der Waals surface area contributed by atoms with Gasteiger partial charge in [-0.15, -0.1) is 0 Å². The van der Waals surface area contributed by atoms with Gasteiger partial charge in [-0.05, 0) is 62.8 Å². The summed E-state index contributed by atoms with van der Waals surface area (Å²) in [7, 11) is 1.90. The molecule has 3 N–H and O–H groups in total. The number of carbonyl (C=O) groups excluding carboxylic acids is 1. The van der Waals surface area contributed by atoms with E-state index in [-0.39, 0.29) is 12.0 Å². The second-order valence-corrected chi connectivity index (χ2v) is 6.59. The molecule has 2 aliphatic carbocycles. The number of hydrogen-bond donors (Lipinski definition) is 2. The average Bonchev–Trinajstić information content (AvgIpc) is 2.37. The van der Waals surface area contributed by atoms with Crippen molar-refractivity contribution in [3.63, 3.8) is 0 Å². The minimum Gasteiger partial charge on any atom is -0.393 e. The molecule has 0 unspecified atom stereocenters. The number of nitrogens with zero attached hydrogens (tertiary/aromatic N) is 1. The molecule has 4 heteroatoms. The van der Waals surface area contributed by atoms with Gasteiger partial charge in [0.25, 0.3) is 0 Å². The zero-order valence-corrected chi connectivity index (χ0v) is 12.1. The highest BCUT2D eigenvalue weighted by Gasteiger charge is 2.30. The second kappa shape index (κ2) is 6.71. The molecule has 0 aliphatic heterocycles. The third kappa shape index (κ3) is 4.18. The molecule has 0 bridgehead atoms. The Labute approximate surface area is 116 Å². The maximum absolute atomic E-state index is 12.2. The lowest BCUT2D eigenvalue weighted by Gasteiger charge is -2.35. The molecule has 2 rings (SSSR count). The van der Waals surface area contributed by atoms with E-state index in [1.165, 1.54) is 12.8 Å². The molecule has 0 spiro atoms. The Morgan fingerprint density at radius 1 is 1.16 bits per heavy atom. The van der Waals surface area contributed by atoms with Gasteiger partial charge in [-0.2, -0.15) is 0 Å². The largest absolute Gasteiger partial charge is 0.393 e. The molecule has 0 radical (unpaired) electrons. The van der Waals surface area contributed by atoms with E-state index < -0.39 is 0 Å². The minimum atomic E-state index is -0.125. The van der Waals surface area contributed by atoms with Gasteiger partial charge in [0.1, 0.15) is 0 Å². The number of rotatable bonds is 5. The highest BCUT2D eigenvalue weighted by atomic mass is 16.3. The molecule has 4 nitrogen and oxygen atoms in total. The Kier molecular flexibility index (Phi) is 5.22. The summed E-state index contributed by atoms with van der Waals surface area (Å²) in [6.07, 6.45) is 6.98. The van der Waals surface area contributed by atoms with Crippen LogP contribution in [0.3, 0.4) is 0 Å². The fourth-order valence-electron chi connectivity index (χ4n) is 3.41. The number of carbonyl (C=O) groups is 1. The van der Waals surface area contributed by atoms with Gasteiger partial charge in [-0.3, -0.25) is 4.79 Å². The van der Waals surface area contributed by atoms with Crippen LogP contribution in [0.2, 0.25) is 0 Å². The van der Waals surface area contributed by atoms with Crippen molar-refractivity contribution in [1.82, 2.24) is 4.90 Å². The minimum absolute atomic E-state index is 0.125. The molecule has 2 saturated carbocycles. The van der Waals surface area contributed by atoms with Crippen molar-refractivity contribution in [2.45, 2.75) is 51.0 Å². The van der Waals surface area contributed by atoms with Crippen LogP contribution in [0, 0.1) is 17.8 Å². The van der Waals surface area contributed by atoms with Crippen LogP contribution in [0.25, 0.3) is 0 Å². The van der Waals surface area contributed by atoms with Crippen molar-refractivity contribution in [2.75, 3.05) is 20.1 Å². The van der Waals surface area contributed by atoms with Crippen LogP contribution in [0.5, 0.6) is 0 Å². The van der Waals surface area contributed by atoms with Gasteiger partial charge >= 0.3 is 0 Å². The van der Waals surface area contributed by atoms with Gasteiger partial charge in [0.05, 0.1) is 6.10 Å². The molecule has 0 atom stereocenters. The molecular formula is C15H28N2O2. The summed E-state index contributed by atoms with van der Waals surface area (Å²) >= 11 is 0. The highest BCUT2D eigenvalue weighted by molar-refractivity contribution is 5.76. The van der Waals surface area contributed by atoms with Gasteiger partial charge < -0.3 is 15.7 Å². The molecule has 0 heterocycles. The van der Waals surface area contributed by atoms with Gasteiger partial charge in [0, 0.05) is 20.0 Å². The molecule has 0 aromatic carbocycles. The summed E-state index contributed by atoms with van der Waals surface area (Å²) in [6, 6.07) is 0. The zero-order chi connectivity index (χ0) is 13.8. The Balaban J connectivity index is 1.66. The van der Waals surface area contributed by atoms with Crippen molar-refractivity contribution in [3.8, 4) is 0 Å². The average molecular weight is 268 g/mol. The number of aliphatic hydroxyl groups excluding tert-OH is 1. The van der Waals surface area contributed by atoms with Crippen molar-refractivity contribution in [1.29, 1.82) is 0 Å². The van der Waals surface area contributed by atoms with Crippen LogP contribution in [0.15, 0.2) is 0 Å². The third-order valence-corrected chi connectivity index (χ3v) is 4.93. The lowest BCUT2D eigenvalue weighted by Crippen LogP contribution is -2.40. The van der Waals surface area contributed by atoms with E-state index in [0.717, 1.165) is 38.8 Å². The SMILES string of the molecule is CN(CC1CC(O)C1)C(=O)CC1CCC(CN)CC1. The van der Waals surface area contributed by atoms with E-state index in [2.05, 4.69) is 0 Å². The lowest BCUT2D eigenvalue weighted by molar-refractivity contribution is -0.132. The normalized spacial score (nSPS) is 34.7. The lowest BCUT2D eigenvalue weighted by atomic mass is 9.80. The summed E-state index contributed by atoms with van der Waals surface area (Å²) in [5.74, 6) is 2.03. The Hall–Kier alpha value is -0.610. The first-order chi connectivity index (χ1) is 9.08. The number of aliphatic hydroxyl groups is 1. The Morgan fingerprint density at radius 2 is 1.74 bits per heavy atom. The third-order valence-electron chi connectivity index (χ3n) is 4.93. The van der Waals surface area contributed by atoms with Gasteiger partial charge in [0.2, 0.25) is 5.91 Å². The van der Waals surface area contributed by atoms with E-state index in [9.17, 15) is 9.90 Å². The summed E-state index contributed by atoms with van der Waals surface area (Å²) in [6.45, 7) is 1.61. The van der Waals surface area contributed by atoms with Crippen LogP contribution >= 0.6 is 0 Å².